The van der Waals surface area contributed by atoms with Crippen molar-refractivity contribution in [1.82, 2.24) is 4.57 Å². The lowest BCUT2D eigenvalue weighted by Crippen LogP contribution is -2.23. The molecule has 2 aromatic heterocycles. The molecule has 0 bridgehead atoms. The highest BCUT2D eigenvalue weighted by Crippen LogP contribution is 2.27. The van der Waals surface area contributed by atoms with Gasteiger partial charge in [-0.2, -0.15) is 5.26 Å². The fourth-order valence-electron chi connectivity index (χ4n) is 2.53. The number of pyridine rings is 1. The number of carbonyl (C=O) groups is 2. The average Bonchev–Trinajstić information content (AvgIpc) is 2.85. The molecular formula is C17H17N3O5. The number of methoxy groups -OCH3 is 1. The molecule has 0 saturated heterocycles. The van der Waals surface area contributed by atoms with Gasteiger partial charge in [-0.15, -0.1) is 0 Å². The third-order valence-corrected chi connectivity index (χ3v) is 3.69. The second-order valence-corrected chi connectivity index (χ2v) is 5.45. The van der Waals surface area contributed by atoms with Gasteiger partial charge in [0.15, 0.2) is 5.43 Å². The number of esters is 1. The van der Waals surface area contributed by atoms with Gasteiger partial charge in [-0.05, 0) is 20.8 Å². The summed E-state index contributed by atoms with van der Waals surface area (Å²) in [6.45, 7) is 4.86. The highest BCUT2D eigenvalue weighted by atomic mass is 16.5. The molecular weight excluding hydrogens is 326 g/mol. The van der Waals surface area contributed by atoms with Crippen LogP contribution in [-0.4, -0.2) is 23.6 Å². The number of ether oxygens (including phenoxy) is 1. The largest absolute Gasteiger partial charge is 0.465 e. The topological polar surface area (TPSA) is 114 Å². The van der Waals surface area contributed by atoms with Crippen molar-refractivity contribution in [2.45, 2.75) is 27.3 Å². The molecule has 0 fully saturated rings. The monoisotopic (exact) mass is 343 g/mol. The van der Waals surface area contributed by atoms with Crippen LogP contribution in [0.15, 0.2) is 21.3 Å². The van der Waals surface area contributed by atoms with Crippen molar-refractivity contribution in [1.29, 1.82) is 5.26 Å². The van der Waals surface area contributed by atoms with Crippen LogP contribution in [0, 0.1) is 32.1 Å². The van der Waals surface area contributed by atoms with Gasteiger partial charge in [0.25, 0.3) is 0 Å². The van der Waals surface area contributed by atoms with E-state index in [1.165, 1.54) is 26.2 Å². The number of anilines is 1. The SMILES string of the molecule is COC(=O)c1c(C)oc(NC(=O)Cn2c(C)cc(=O)cc2C)c1C#N. The first-order chi connectivity index (χ1) is 11.8. The van der Waals surface area contributed by atoms with Gasteiger partial charge in [0, 0.05) is 23.5 Å². The molecule has 8 heteroatoms. The van der Waals surface area contributed by atoms with Crippen molar-refractivity contribution < 1.29 is 18.7 Å². The number of rotatable bonds is 4. The standard InChI is InChI=1S/C17H17N3O5/c1-9-5-12(21)6-10(2)20(9)8-14(22)19-16-13(7-18)15(11(3)25-16)17(23)24-4/h5-6H,8H2,1-4H3,(H,19,22). The Morgan fingerprint density at radius 2 is 1.88 bits per heavy atom. The molecule has 2 rings (SSSR count). The van der Waals surface area contributed by atoms with Crippen LogP contribution < -0.4 is 10.7 Å². The number of hydrogen-bond acceptors (Lipinski definition) is 6. The predicted octanol–water partition coefficient (Wildman–Crippen LogP) is 1.66. The van der Waals surface area contributed by atoms with Gasteiger partial charge in [0.2, 0.25) is 11.8 Å². The minimum Gasteiger partial charge on any atom is -0.465 e. The summed E-state index contributed by atoms with van der Waals surface area (Å²) in [7, 11) is 1.19. The minimum absolute atomic E-state index is 0.0176. The Morgan fingerprint density at radius 1 is 1.28 bits per heavy atom. The Hall–Kier alpha value is -3.34. The van der Waals surface area contributed by atoms with Crippen molar-refractivity contribution in [3.8, 4) is 6.07 Å². The van der Waals surface area contributed by atoms with E-state index in [-0.39, 0.29) is 34.7 Å². The van der Waals surface area contributed by atoms with Gasteiger partial charge >= 0.3 is 5.97 Å². The first-order valence-corrected chi connectivity index (χ1v) is 7.38. The van der Waals surface area contributed by atoms with Crippen molar-refractivity contribution in [2.24, 2.45) is 0 Å². The van der Waals surface area contributed by atoms with Crippen LogP contribution in [0.25, 0.3) is 0 Å². The number of amides is 1. The van der Waals surface area contributed by atoms with Crippen molar-refractivity contribution in [2.75, 3.05) is 12.4 Å². The molecule has 0 spiro atoms. The summed E-state index contributed by atoms with van der Waals surface area (Å²) in [5.74, 6) is -1.11. The molecule has 1 N–H and O–H groups in total. The van der Waals surface area contributed by atoms with Gasteiger partial charge in [0.1, 0.15) is 29.5 Å². The minimum atomic E-state index is -0.717. The van der Waals surface area contributed by atoms with Crippen LogP contribution in [0.3, 0.4) is 0 Å². The van der Waals surface area contributed by atoms with E-state index < -0.39 is 11.9 Å². The maximum Gasteiger partial charge on any atom is 0.342 e. The zero-order valence-corrected chi connectivity index (χ0v) is 14.3. The Morgan fingerprint density at radius 3 is 2.40 bits per heavy atom. The molecule has 8 nitrogen and oxygen atoms in total. The Balaban J connectivity index is 2.29. The summed E-state index contributed by atoms with van der Waals surface area (Å²) in [6, 6.07) is 4.69. The quantitative estimate of drug-likeness (QED) is 0.845. The molecule has 0 unspecified atom stereocenters. The van der Waals surface area contributed by atoms with Crippen LogP contribution in [0.1, 0.15) is 33.1 Å². The normalized spacial score (nSPS) is 10.2. The van der Waals surface area contributed by atoms with E-state index in [4.69, 9.17) is 4.42 Å². The molecule has 0 saturated carbocycles. The molecule has 0 aromatic carbocycles. The molecule has 2 aromatic rings. The third kappa shape index (κ3) is 3.61. The molecule has 0 aliphatic carbocycles. The molecule has 0 atom stereocenters. The van der Waals surface area contributed by atoms with E-state index in [0.717, 1.165) is 0 Å². The van der Waals surface area contributed by atoms with Crippen molar-refractivity contribution in [3.63, 3.8) is 0 Å². The lowest BCUT2D eigenvalue weighted by atomic mass is 10.1. The highest BCUT2D eigenvalue weighted by molar-refractivity contribution is 5.98. The first kappa shape index (κ1) is 18.0. The van der Waals surface area contributed by atoms with E-state index in [0.29, 0.717) is 11.4 Å². The van der Waals surface area contributed by atoms with Crippen LogP contribution in [0.5, 0.6) is 0 Å². The van der Waals surface area contributed by atoms with Gasteiger partial charge < -0.3 is 13.7 Å². The van der Waals surface area contributed by atoms with Crippen LogP contribution >= 0.6 is 0 Å². The predicted molar refractivity (Wildman–Crippen MR) is 88.3 cm³/mol. The first-order valence-electron chi connectivity index (χ1n) is 7.38. The maximum absolute atomic E-state index is 12.3. The second kappa shape index (κ2) is 7.05. The Labute approximate surface area is 143 Å². The number of nitrogens with one attached hydrogen (secondary N) is 1. The average molecular weight is 343 g/mol. The molecule has 2 heterocycles. The van der Waals surface area contributed by atoms with E-state index in [9.17, 15) is 19.6 Å². The lowest BCUT2D eigenvalue weighted by Gasteiger charge is -2.13. The van der Waals surface area contributed by atoms with E-state index in [2.05, 4.69) is 10.1 Å². The van der Waals surface area contributed by atoms with Gasteiger partial charge in [-0.25, -0.2) is 4.79 Å². The van der Waals surface area contributed by atoms with Crippen LogP contribution in [-0.2, 0) is 16.1 Å². The van der Waals surface area contributed by atoms with E-state index in [1.54, 1.807) is 18.4 Å². The summed E-state index contributed by atoms with van der Waals surface area (Å²) < 4.78 is 11.6. The Kier molecular flexibility index (Phi) is 5.08. The summed E-state index contributed by atoms with van der Waals surface area (Å²) in [4.78, 5) is 35.5. The van der Waals surface area contributed by atoms with Crippen LogP contribution in [0.2, 0.25) is 0 Å². The third-order valence-electron chi connectivity index (χ3n) is 3.69. The fraction of sp³-hybridized carbons (Fsp3) is 0.294. The summed E-state index contributed by atoms with van der Waals surface area (Å²) >= 11 is 0. The molecule has 130 valence electrons. The zero-order valence-electron chi connectivity index (χ0n) is 14.3. The molecule has 0 aliphatic heterocycles. The number of carbonyl (C=O) groups excluding carboxylic acids is 2. The van der Waals surface area contributed by atoms with Gasteiger partial charge in [0.05, 0.1) is 7.11 Å². The molecule has 0 radical (unpaired) electrons. The van der Waals surface area contributed by atoms with Crippen molar-refractivity contribution in [3.05, 3.63) is 50.6 Å². The van der Waals surface area contributed by atoms with E-state index in [1.807, 2.05) is 6.07 Å². The fourth-order valence-corrected chi connectivity index (χ4v) is 2.53. The summed E-state index contributed by atoms with van der Waals surface area (Å²) in [5.41, 5.74) is 1.02. The molecule has 25 heavy (non-hydrogen) atoms. The zero-order chi connectivity index (χ0) is 18.7. The van der Waals surface area contributed by atoms with Gasteiger partial charge in [-0.1, -0.05) is 0 Å². The number of aromatic nitrogens is 1. The summed E-state index contributed by atoms with van der Waals surface area (Å²) in [5, 5.41) is 11.8. The smallest absolute Gasteiger partial charge is 0.342 e. The van der Waals surface area contributed by atoms with E-state index >= 15 is 0 Å². The highest BCUT2D eigenvalue weighted by Gasteiger charge is 2.25. The Bertz CT molecular complexity index is 920. The number of aryl methyl sites for hydroxylation is 3. The number of nitriles is 1. The summed E-state index contributed by atoms with van der Waals surface area (Å²) in [6.07, 6.45) is 0. The molecule has 1 amide bonds. The maximum atomic E-state index is 12.3. The number of furan rings is 1. The second-order valence-electron chi connectivity index (χ2n) is 5.45. The van der Waals surface area contributed by atoms with Gasteiger partial charge in [-0.3, -0.25) is 14.9 Å². The molecule has 0 aliphatic rings. The number of hydrogen-bond donors (Lipinski definition) is 1. The number of nitrogens with zero attached hydrogens (tertiary/aromatic N) is 2. The van der Waals surface area contributed by atoms with Crippen molar-refractivity contribution >= 4 is 17.8 Å². The lowest BCUT2D eigenvalue weighted by molar-refractivity contribution is -0.116. The van der Waals surface area contributed by atoms with Crippen LogP contribution in [0.4, 0.5) is 5.88 Å².